The van der Waals surface area contributed by atoms with Crippen molar-refractivity contribution in [2.75, 3.05) is 18.1 Å². The summed E-state index contributed by atoms with van der Waals surface area (Å²) < 4.78 is 1.22. The standard InChI is InChI=1S/C10H14N4O3S/c15-9(11-3-7-1-2-18-6-7)5-14-4-8(10(16)17)12-13-14/h4,7H,1-3,5-6H2,(H,11,15)(H,16,17). The number of hydrogen-bond acceptors (Lipinski definition) is 5. The van der Waals surface area contributed by atoms with Gasteiger partial charge in [0.15, 0.2) is 5.69 Å². The lowest BCUT2D eigenvalue weighted by atomic mass is 10.1. The number of nitrogens with zero attached hydrogens (tertiary/aromatic N) is 3. The van der Waals surface area contributed by atoms with Gasteiger partial charge in [-0.05, 0) is 23.8 Å². The SMILES string of the molecule is O=C(Cn1cc(C(=O)O)nn1)NCC1CCSC1. The van der Waals surface area contributed by atoms with E-state index in [-0.39, 0.29) is 18.1 Å². The monoisotopic (exact) mass is 270 g/mol. The van der Waals surface area contributed by atoms with Gasteiger partial charge < -0.3 is 10.4 Å². The highest BCUT2D eigenvalue weighted by molar-refractivity contribution is 7.99. The van der Waals surface area contributed by atoms with Crippen LogP contribution in [-0.2, 0) is 11.3 Å². The summed E-state index contributed by atoms with van der Waals surface area (Å²) in [5.74, 6) is 1.47. The number of carboxylic acids is 1. The van der Waals surface area contributed by atoms with Crippen molar-refractivity contribution in [2.45, 2.75) is 13.0 Å². The van der Waals surface area contributed by atoms with Crippen LogP contribution in [0.3, 0.4) is 0 Å². The lowest BCUT2D eigenvalue weighted by Crippen LogP contribution is -2.32. The third kappa shape index (κ3) is 3.46. The number of thioether (sulfide) groups is 1. The molecule has 1 aromatic rings. The first-order chi connectivity index (χ1) is 8.65. The highest BCUT2D eigenvalue weighted by Gasteiger charge is 2.16. The smallest absolute Gasteiger partial charge is 0.358 e. The maximum Gasteiger partial charge on any atom is 0.358 e. The van der Waals surface area contributed by atoms with Gasteiger partial charge in [-0.3, -0.25) is 4.79 Å². The number of carboxylic acid groups (broad SMARTS) is 1. The van der Waals surface area contributed by atoms with Crippen LogP contribution in [0.15, 0.2) is 6.20 Å². The third-order valence-electron chi connectivity index (χ3n) is 2.68. The Balaban J connectivity index is 1.77. The average molecular weight is 270 g/mol. The van der Waals surface area contributed by atoms with Crippen LogP contribution in [0, 0.1) is 5.92 Å². The fraction of sp³-hybridized carbons (Fsp3) is 0.600. The first kappa shape index (κ1) is 12.9. The second-order valence-electron chi connectivity index (χ2n) is 4.14. The molecule has 0 aliphatic carbocycles. The largest absolute Gasteiger partial charge is 0.476 e. The molecular formula is C10H14N4O3S. The average Bonchev–Trinajstić information content (AvgIpc) is 2.96. The van der Waals surface area contributed by atoms with Crippen molar-refractivity contribution >= 4 is 23.6 Å². The highest BCUT2D eigenvalue weighted by Crippen LogP contribution is 2.22. The van der Waals surface area contributed by atoms with Crippen molar-refractivity contribution in [2.24, 2.45) is 5.92 Å². The Morgan fingerprint density at radius 3 is 3.06 bits per heavy atom. The molecule has 98 valence electrons. The van der Waals surface area contributed by atoms with Crippen LogP contribution in [0.4, 0.5) is 0 Å². The number of amides is 1. The van der Waals surface area contributed by atoms with Gasteiger partial charge in [-0.2, -0.15) is 11.8 Å². The van der Waals surface area contributed by atoms with Gasteiger partial charge in [0.1, 0.15) is 6.54 Å². The van der Waals surface area contributed by atoms with Crippen LogP contribution < -0.4 is 5.32 Å². The molecule has 0 aromatic carbocycles. The second kappa shape index (κ2) is 5.85. The molecule has 7 nitrogen and oxygen atoms in total. The van der Waals surface area contributed by atoms with Crippen LogP contribution in [0.5, 0.6) is 0 Å². The fourth-order valence-electron chi connectivity index (χ4n) is 1.68. The molecule has 2 N–H and O–H groups in total. The number of carbonyl (C=O) groups excluding carboxylic acids is 1. The van der Waals surface area contributed by atoms with Crippen LogP contribution in [-0.4, -0.2) is 50.0 Å². The molecule has 1 aromatic heterocycles. The molecule has 1 aliphatic heterocycles. The van der Waals surface area contributed by atoms with Crippen molar-refractivity contribution in [1.82, 2.24) is 20.3 Å². The summed E-state index contributed by atoms with van der Waals surface area (Å²) in [6, 6.07) is 0. The summed E-state index contributed by atoms with van der Waals surface area (Å²) in [5.41, 5.74) is -0.157. The van der Waals surface area contributed by atoms with E-state index >= 15 is 0 Å². The Kier molecular flexibility index (Phi) is 4.19. The maximum atomic E-state index is 11.6. The van der Waals surface area contributed by atoms with E-state index in [1.165, 1.54) is 10.9 Å². The summed E-state index contributed by atoms with van der Waals surface area (Å²) in [5, 5.41) is 18.5. The predicted octanol–water partition coefficient (Wildman–Crippen LogP) is -0.154. The Morgan fingerprint density at radius 2 is 2.44 bits per heavy atom. The number of hydrogen-bond donors (Lipinski definition) is 2. The van der Waals surface area contributed by atoms with Gasteiger partial charge in [0.05, 0.1) is 6.20 Å². The van der Waals surface area contributed by atoms with Crippen molar-refractivity contribution in [3.8, 4) is 0 Å². The van der Waals surface area contributed by atoms with E-state index in [0.29, 0.717) is 12.5 Å². The Morgan fingerprint density at radius 1 is 1.61 bits per heavy atom. The van der Waals surface area contributed by atoms with E-state index in [2.05, 4.69) is 15.6 Å². The van der Waals surface area contributed by atoms with Gasteiger partial charge in [-0.25, -0.2) is 9.48 Å². The highest BCUT2D eigenvalue weighted by atomic mass is 32.2. The number of carbonyl (C=O) groups is 2. The molecule has 0 radical (unpaired) electrons. The molecule has 1 atom stereocenters. The zero-order chi connectivity index (χ0) is 13.0. The lowest BCUT2D eigenvalue weighted by molar-refractivity contribution is -0.122. The van der Waals surface area contributed by atoms with E-state index in [1.54, 1.807) is 0 Å². The van der Waals surface area contributed by atoms with Crippen molar-refractivity contribution in [1.29, 1.82) is 0 Å². The molecule has 1 fully saturated rings. The first-order valence-electron chi connectivity index (χ1n) is 5.63. The zero-order valence-corrected chi connectivity index (χ0v) is 10.5. The topological polar surface area (TPSA) is 97.1 Å². The summed E-state index contributed by atoms with van der Waals surface area (Å²) in [6.07, 6.45) is 2.38. The zero-order valence-electron chi connectivity index (χ0n) is 9.70. The minimum atomic E-state index is -1.15. The Bertz CT molecular complexity index is 442. The molecule has 1 saturated heterocycles. The fourth-order valence-corrected chi connectivity index (χ4v) is 2.96. The van der Waals surface area contributed by atoms with E-state index in [0.717, 1.165) is 17.9 Å². The number of aromatic carboxylic acids is 1. The molecule has 18 heavy (non-hydrogen) atoms. The summed E-state index contributed by atoms with van der Waals surface area (Å²) in [7, 11) is 0. The number of aromatic nitrogens is 3. The van der Waals surface area contributed by atoms with E-state index in [9.17, 15) is 9.59 Å². The Labute approximate surface area is 108 Å². The minimum absolute atomic E-state index is 0.000142. The van der Waals surface area contributed by atoms with Crippen LogP contribution in [0.2, 0.25) is 0 Å². The maximum absolute atomic E-state index is 11.6. The van der Waals surface area contributed by atoms with Gasteiger partial charge in [0.2, 0.25) is 5.91 Å². The van der Waals surface area contributed by atoms with Crippen LogP contribution in [0.1, 0.15) is 16.9 Å². The van der Waals surface area contributed by atoms with Crippen LogP contribution in [0.25, 0.3) is 0 Å². The molecule has 2 rings (SSSR count). The minimum Gasteiger partial charge on any atom is -0.476 e. The second-order valence-corrected chi connectivity index (χ2v) is 5.29. The number of nitrogens with one attached hydrogen (secondary N) is 1. The van der Waals surface area contributed by atoms with Crippen LogP contribution >= 0.6 is 11.8 Å². The molecule has 0 spiro atoms. The summed E-state index contributed by atoms with van der Waals surface area (Å²) in [4.78, 5) is 22.2. The van der Waals surface area contributed by atoms with Crippen molar-refractivity contribution < 1.29 is 14.7 Å². The third-order valence-corrected chi connectivity index (χ3v) is 3.91. The molecule has 1 unspecified atom stereocenters. The van der Waals surface area contributed by atoms with E-state index in [4.69, 9.17) is 5.11 Å². The molecule has 1 amide bonds. The molecular weight excluding hydrogens is 256 g/mol. The molecule has 0 bridgehead atoms. The van der Waals surface area contributed by atoms with Crippen molar-refractivity contribution in [3.05, 3.63) is 11.9 Å². The van der Waals surface area contributed by atoms with Gasteiger partial charge in [-0.15, -0.1) is 5.10 Å². The van der Waals surface area contributed by atoms with Gasteiger partial charge in [0.25, 0.3) is 0 Å². The normalized spacial score (nSPS) is 18.8. The molecule has 2 heterocycles. The van der Waals surface area contributed by atoms with Gasteiger partial charge in [-0.1, -0.05) is 5.21 Å². The van der Waals surface area contributed by atoms with E-state index in [1.807, 2.05) is 11.8 Å². The van der Waals surface area contributed by atoms with Gasteiger partial charge in [0, 0.05) is 6.54 Å². The molecule has 1 aliphatic rings. The quantitative estimate of drug-likeness (QED) is 0.772. The van der Waals surface area contributed by atoms with Gasteiger partial charge >= 0.3 is 5.97 Å². The van der Waals surface area contributed by atoms with E-state index < -0.39 is 5.97 Å². The predicted molar refractivity (Wildman–Crippen MR) is 65.4 cm³/mol. The molecule has 8 heteroatoms. The van der Waals surface area contributed by atoms with Crippen molar-refractivity contribution in [3.63, 3.8) is 0 Å². The summed E-state index contributed by atoms with van der Waals surface area (Å²) in [6.45, 7) is 0.673. The Hall–Kier alpha value is -1.57. The summed E-state index contributed by atoms with van der Waals surface area (Å²) >= 11 is 1.90. The first-order valence-corrected chi connectivity index (χ1v) is 6.78. The molecule has 0 saturated carbocycles. The number of rotatable bonds is 5. The lowest BCUT2D eigenvalue weighted by Gasteiger charge is -2.09.